The van der Waals surface area contributed by atoms with Gasteiger partial charge in [0.2, 0.25) is 0 Å². The van der Waals surface area contributed by atoms with Crippen molar-refractivity contribution in [2.24, 2.45) is 11.7 Å². The van der Waals surface area contributed by atoms with E-state index in [0.29, 0.717) is 0 Å². The molecule has 0 aliphatic rings. The number of nitrogens with one attached hydrogen (secondary N) is 2. The maximum Gasteiger partial charge on any atom is 0.262 e. The van der Waals surface area contributed by atoms with Gasteiger partial charge in [-0.25, -0.2) is 11.7 Å². The molecule has 2 unspecified atom stereocenters. The van der Waals surface area contributed by atoms with E-state index in [1.807, 2.05) is 10.9 Å². The van der Waals surface area contributed by atoms with E-state index < -0.39 is 24.0 Å². The smallest absolute Gasteiger partial charge is 0.262 e. The molecule has 0 rings (SSSR count). The van der Waals surface area contributed by atoms with Gasteiger partial charge in [-0.3, -0.25) is 20.4 Å². The highest BCUT2D eigenvalue weighted by Gasteiger charge is 2.19. The topological polar surface area (TPSA) is 119 Å². The zero-order valence-electron chi connectivity index (χ0n) is 7.53. The van der Waals surface area contributed by atoms with Crippen LogP contribution in [0.4, 0.5) is 0 Å². The highest BCUT2D eigenvalue weighted by atomic mass is 16.5. The summed E-state index contributed by atoms with van der Waals surface area (Å²) in [6.07, 6.45) is -1.59. The second-order valence-electron chi connectivity index (χ2n) is 2.44. The summed E-state index contributed by atoms with van der Waals surface area (Å²) in [5, 5.41) is 0. The largest absolute Gasteiger partial charge is 0.356 e. The first-order valence-corrected chi connectivity index (χ1v) is 3.69. The zero-order valence-corrected chi connectivity index (χ0v) is 7.53. The van der Waals surface area contributed by atoms with E-state index in [2.05, 4.69) is 0 Å². The summed E-state index contributed by atoms with van der Waals surface area (Å²) in [7, 11) is 0. The van der Waals surface area contributed by atoms with Gasteiger partial charge in [0.15, 0.2) is 0 Å². The number of carbonyl (C=O) groups excluding carboxylic acids is 2. The Balaban J connectivity index is 3.98. The molecule has 7 nitrogen and oxygen atoms in total. The van der Waals surface area contributed by atoms with Gasteiger partial charge in [-0.1, -0.05) is 0 Å². The van der Waals surface area contributed by atoms with Crippen molar-refractivity contribution in [2.45, 2.75) is 26.1 Å². The maximum atomic E-state index is 10.8. The van der Waals surface area contributed by atoms with Crippen molar-refractivity contribution in [1.82, 2.24) is 10.9 Å². The molecule has 0 saturated heterocycles. The molecule has 0 aromatic rings. The molecular formula is C6H14N4O3. The van der Waals surface area contributed by atoms with Crippen LogP contribution < -0.4 is 22.5 Å². The van der Waals surface area contributed by atoms with Crippen LogP contribution in [0.3, 0.4) is 0 Å². The van der Waals surface area contributed by atoms with Gasteiger partial charge in [0.25, 0.3) is 11.8 Å². The highest BCUT2D eigenvalue weighted by Crippen LogP contribution is 1.97. The van der Waals surface area contributed by atoms with Crippen LogP contribution in [0.15, 0.2) is 0 Å². The lowest BCUT2D eigenvalue weighted by Gasteiger charge is -2.16. The van der Waals surface area contributed by atoms with Gasteiger partial charge in [0.05, 0.1) is 0 Å². The van der Waals surface area contributed by atoms with Crippen LogP contribution in [0.5, 0.6) is 0 Å². The predicted molar refractivity (Wildman–Crippen MR) is 44.7 cm³/mol. The van der Waals surface area contributed by atoms with Crippen molar-refractivity contribution >= 4 is 11.8 Å². The summed E-state index contributed by atoms with van der Waals surface area (Å²) >= 11 is 0. The monoisotopic (exact) mass is 190 g/mol. The Morgan fingerprint density at radius 1 is 1.08 bits per heavy atom. The fourth-order valence-corrected chi connectivity index (χ4v) is 0.664. The van der Waals surface area contributed by atoms with Crippen LogP contribution in [0.2, 0.25) is 0 Å². The Hall–Kier alpha value is -1.18. The lowest BCUT2D eigenvalue weighted by atomic mass is 10.3. The number of carbonyl (C=O) groups is 2. The predicted octanol–water partition coefficient (Wildman–Crippen LogP) is -2.24. The second-order valence-corrected chi connectivity index (χ2v) is 2.44. The molecule has 0 fully saturated rings. The van der Waals surface area contributed by atoms with E-state index in [1.165, 1.54) is 13.8 Å². The van der Waals surface area contributed by atoms with Crippen LogP contribution >= 0.6 is 0 Å². The molecule has 0 bridgehead atoms. The van der Waals surface area contributed by atoms with E-state index in [4.69, 9.17) is 16.4 Å². The lowest BCUT2D eigenvalue weighted by Crippen LogP contribution is -2.45. The molecule has 2 atom stereocenters. The quantitative estimate of drug-likeness (QED) is 0.227. The molecule has 2 amide bonds. The van der Waals surface area contributed by atoms with Crippen molar-refractivity contribution in [2.75, 3.05) is 0 Å². The molecule has 76 valence electrons. The number of amides is 2. The molecule has 0 aromatic carbocycles. The molecule has 7 heteroatoms. The number of nitrogens with two attached hydrogens (primary N) is 2. The number of ether oxygens (including phenoxy) is 1. The van der Waals surface area contributed by atoms with Gasteiger partial charge in [0, 0.05) is 0 Å². The first kappa shape index (κ1) is 11.8. The average Bonchev–Trinajstić information content (AvgIpc) is 2.14. The maximum absolute atomic E-state index is 10.8. The summed E-state index contributed by atoms with van der Waals surface area (Å²) in [5.41, 5.74) is 3.80. The first-order valence-electron chi connectivity index (χ1n) is 3.69. The average molecular weight is 190 g/mol. The number of hydrogen-bond acceptors (Lipinski definition) is 5. The Labute approximate surface area is 75.7 Å². The Morgan fingerprint density at radius 2 is 1.38 bits per heavy atom. The minimum Gasteiger partial charge on any atom is -0.356 e. The minimum atomic E-state index is -0.794. The number of hydrogen-bond donors (Lipinski definition) is 4. The summed E-state index contributed by atoms with van der Waals surface area (Å²) in [6.45, 7) is 2.95. The first-order chi connectivity index (χ1) is 6.02. The molecule has 0 radical (unpaired) electrons. The van der Waals surface area contributed by atoms with Crippen LogP contribution in [0.1, 0.15) is 13.8 Å². The Kier molecular flexibility index (Phi) is 4.97. The summed E-state index contributed by atoms with van der Waals surface area (Å²) in [4.78, 5) is 21.7. The third kappa shape index (κ3) is 3.83. The van der Waals surface area contributed by atoms with Gasteiger partial charge in [0.1, 0.15) is 12.2 Å². The third-order valence-electron chi connectivity index (χ3n) is 1.43. The lowest BCUT2D eigenvalue weighted by molar-refractivity contribution is -0.143. The molecular weight excluding hydrogens is 176 g/mol. The highest BCUT2D eigenvalue weighted by molar-refractivity contribution is 5.82. The Morgan fingerprint density at radius 3 is 1.62 bits per heavy atom. The molecule has 13 heavy (non-hydrogen) atoms. The van der Waals surface area contributed by atoms with Crippen LogP contribution in [-0.4, -0.2) is 24.0 Å². The number of rotatable bonds is 4. The second kappa shape index (κ2) is 5.46. The molecule has 0 spiro atoms. The number of hydrazine groups is 2. The van der Waals surface area contributed by atoms with Crippen LogP contribution in [0.25, 0.3) is 0 Å². The summed E-state index contributed by atoms with van der Waals surface area (Å²) < 4.78 is 4.97. The normalized spacial score (nSPS) is 14.5. The summed E-state index contributed by atoms with van der Waals surface area (Å²) in [5.74, 6) is 8.70. The standard InChI is InChI=1S/C6H14N4O3/c1-3(5(11)9-7)13-4(2)6(12)10-8/h3-4H,7-8H2,1-2H3,(H,9,11)(H,10,12). The van der Waals surface area contributed by atoms with Gasteiger partial charge in [-0.2, -0.15) is 0 Å². The van der Waals surface area contributed by atoms with Crippen molar-refractivity contribution in [3.05, 3.63) is 0 Å². The van der Waals surface area contributed by atoms with E-state index in [1.54, 1.807) is 0 Å². The van der Waals surface area contributed by atoms with Gasteiger partial charge >= 0.3 is 0 Å². The molecule has 0 saturated carbocycles. The van der Waals surface area contributed by atoms with E-state index >= 15 is 0 Å². The van der Waals surface area contributed by atoms with Gasteiger partial charge in [-0.05, 0) is 13.8 Å². The van der Waals surface area contributed by atoms with Crippen molar-refractivity contribution in [1.29, 1.82) is 0 Å². The fraction of sp³-hybridized carbons (Fsp3) is 0.667. The van der Waals surface area contributed by atoms with E-state index in [-0.39, 0.29) is 0 Å². The summed E-state index contributed by atoms with van der Waals surface area (Å²) in [6, 6.07) is 0. The zero-order chi connectivity index (χ0) is 10.4. The minimum absolute atomic E-state index is 0.503. The van der Waals surface area contributed by atoms with Crippen molar-refractivity contribution < 1.29 is 14.3 Å². The van der Waals surface area contributed by atoms with E-state index in [9.17, 15) is 9.59 Å². The van der Waals surface area contributed by atoms with E-state index in [0.717, 1.165) is 0 Å². The van der Waals surface area contributed by atoms with Crippen LogP contribution in [0, 0.1) is 0 Å². The molecule has 0 heterocycles. The SMILES string of the molecule is CC(OC(C)C(=O)NN)C(=O)NN. The van der Waals surface area contributed by atoms with Crippen molar-refractivity contribution in [3.8, 4) is 0 Å². The Bertz CT molecular complexity index is 176. The molecule has 0 aliphatic carbocycles. The molecule has 6 N–H and O–H groups in total. The van der Waals surface area contributed by atoms with Gasteiger partial charge in [-0.15, -0.1) is 0 Å². The molecule has 0 aliphatic heterocycles. The van der Waals surface area contributed by atoms with Crippen molar-refractivity contribution in [3.63, 3.8) is 0 Å². The third-order valence-corrected chi connectivity index (χ3v) is 1.43. The fourth-order valence-electron chi connectivity index (χ4n) is 0.664. The molecule has 0 aromatic heterocycles. The van der Waals surface area contributed by atoms with Crippen LogP contribution in [-0.2, 0) is 14.3 Å². The van der Waals surface area contributed by atoms with Gasteiger partial charge < -0.3 is 4.74 Å².